The van der Waals surface area contributed by atoms with Gasteiger partial charge in [0.25, 0.3) is 0 Å². The van der Waals surface area contributed by atoms with E-state index in [1.54, 1.807) is 0 Å². The molecule has 0 spiro atoms. The monoisotopic (exact) mass is 357 g/mol. The molecule has 0 bridgehead atoms. The molecule has 0 N–H and O–H groups in total. The SMILES string of the molecule is BrC1=CC(Br)CC2=C1C=Cn1cccc1S2. The molecule has 4 heteroatoms. The van der Waals surface area contributed by atoms with Crippen LogP contribution >= 0.6 is 43.6 Å². The first-order valence-electron chi connectivity index (χ1n) is 5.02. The summed E-state index contributed by atoms with van der Waals surface area (Å²) in [7, 11) is 0. The van der Waals surface area contributed by atoms with Crippen LogP contribution in [0.1, 0.15) is 6.42 Å². The lowest BCUT2D eigenvalue weighted by atomic mass is 10.1. The Morgan fingerprint density at radius 3 is 3.19 bits per heavy atom. The number of halogens is 2. The van der Waals surface area contributed by atoms with Gasteiger partial charge in [0.15, 0.2) is 0 Å². The second-order valence-corrected chi connectivity index (χ2v) is 6.89. The number of allylic oxidation sites excluding steroid dienone is 5. The lowest BCUT2D eigenvalue weighted by molar-refractivity contribution is 1.02. The van der Waals surface area contributed by atoms with Crippen LogP contribution in [0, 0.1) is 0 Å². The second kappa shape index (κ2) is 4.24. The van der Waals surface area contributed by atoms with Gasteiger partial charge in [0.2, 0.25) is 0 Å². The topological polar surface area (TPSA) is 4.93 Å². The minimum atomic E-state index is 0.433. The van der Waals surface area contributed by atoms with E-state index in [1.165, 1.54) is 20.0 Å². The largest absolute Gasteiger partial charge is 0.318 e. The van der Waals surface area contributed by atoms with Crippen LogP contribution in [0.3, 0.4) is 0 Å². The fourth-order valence-electron chi connectivity index (χ4n) is 1.87. The first-order chi connectivity index (χ1) is 7.74. The molecule has 1 aliphatic carbocycles. The third-order valence-electron chi connectivity index (χ3n) is 2.63. The van der Waals surface area contributed by atoms with Gasteiger partial charge in [-0.05, 0) is 30.2 Å². The van der Waals surface area contributed by atoms with Crippen LogP contribution in [0.5, 0.6) is 0 Å². The van der Waals surface area contributed by atoms with Gasteiger partial charge in [-0.1, -0.05) is 49.7 Å². The van der Waals surface area contributed by atoms with E-state index in [1.807, 2.05) is 11.8 Å². The van der Waals surface area contributed by atoms with Crippen molar-refractivity contribution in [1.29, 1.82) is 0 Å². The van der Waals surface area contributed by atoms with Crippen LogP contribution in [0.2, 0.25) is 0 Å². The minimum Gasteiger partial charge on any atom is -0.318 e. The Balaban J connectivity index is 2.07. The van der Waals surface area contributed by atoms with Crippen LogP contribution in [-0.2, 0) is 0 Å². The summed E-state index contributed by atoms with van der Waals surface area (Å²) in [6.07, 6.45) is 9.65. The van der Waals surface area contributed by atoms with Crippen molar-refractivity contribution in [3.63, 3.8) is 0 Å². The maximum atomic E-state index is 3.66. The van der Waals surface area contributed by atoms with Crippen molar-refractivity contribution in [2.24, 2.45) is 0 Å². The maximum Gasteiger partial charge on any atom is 0.0834 e. The Labute approximate surface area is 116 Å². The average molecular weight is 359 g/mol. The molecule has 1 aliphatic heterocycles. The molecule has 0 saturated carbocycles. The minimum absolute atomic E-state index is 0.433. The van der Waals surface area contributed by atoms with Crippen LogP contribution in [0.15, 0.2) is 50.5 Å². The summed E-state index contributed by atoms with van der Waals surface area (Å²) in [5.41, 5.74) is 1.31. The third kappa shape index (κ3) is 1.87. The van der Waals surface area contributed by atoms with Crippen molar-refractivity contribution in [3.8, 4) is 0 Å². The molecule has 1 atom stereocenters. The molecule has 1 aromatic rings. The van der Waals surface area contributed by atoms with Crippen molar-refractivity contribution >= 4 is 49.8 Å². The fourth-order valence-corrected chi connectivity index (χ4v) is 5.02. The second-order valence-electron chi connectivity index (χ2n) is 3.74. The average Bonchev–Trinajstić information content (AvgIpc) is 2.57. The van der Waals surface area contributed by atoms with Gasteiger partial charge in [0.1, 0.15) is 0 Å². The zero-order valence-corrected chi connectivity index (χ0v) is 12.3. The van der Waals surface area contributed by atoms with Gasteiger partial charge in [-0.15, -0.1) is 0 Å². The molecule has 0 amide bonds. The Kier molecular flexibility index (Phi) is 2.90. The number of rotatable bonds is 0. The van der Waals surface area contributed by atoms with Gasteiger partial charge in [-0.25, -0.2) is 0 Å². The zero-order chi connectivity index (χ0) is 11.1. The lowest BCUT2D eigenvalue weighted by Crippen LogP contribution is -2.03. The molecule has 0 aromatic carbocycles. The highest BCUT2D eigenvalue weighted by atomic mass is 79.9. The van der Waals surface area contributed by atoms with Gasteiger partial charge in [-0.3, -0.25) is 0 Å². The quantitative estimate of drug-likeness (QED) is 0.605. The molecule has 3 rings (SSSR count). The van der Waals surface area contributed by atoms with Gasteiger partial charge in [0, 0.05) is 26.6 Å². The molecule has 0 saturated heterocycles. The predicted molar refractivity (Wildman–Crippen MR) is 77.0 cm³/mol. The summed E-state index contributed by atoms with van der Waals surface area (Å²) in [5.74, 6) is 0. The van der Waals surface area contributed by atoms with Crippen molar-refractivity contribution in [3.05, 3.63) is 45.4 Å². The van der Waals surface area contributed by atoms with E-state index >= 15 is 0 Å². The molecule has 2 aliphatic rings. The summed E-state index contributed by atoms with van der Waals surface area (Å²) in [4.78, 5) is 1.85. The van der Waals surface area contributed by atoms with Gasteiger partial charge < -0.3 is 4.57 Å². The number of aromatic nitrogens is 1. The third-order valence-corrected chi connectivity index (χ3v) is 5.10. The highest BCUT2D eigenvalue weighted by Gasteiger charge is 2.21. The summed E-state index contributed by atoms with van der Waals surface area (Å²) in [6, 6.07) is 4.23. The molecular formula is C12H9Br2NS. The molecule has 16 heavy (non-hydrogen) atoms. The Morgan fingerprint density at radius 1 is 1.44 bits per heavy atom. The molecule has 0 radical (unpaired) electrons. The zero-order valence-electron chi connectivity index (χ0n) is 8.36. The molecule has 1 aromatic heterocycles. The van der Waals surface area contributed by atoms with Gasteiger partial charge in [-0.2, -0.15) is 0 Å². The first kappa shape index (κ1) is 10.9. The summed E-state index contributed by atoms with van der Waals surface area (Å²) >= 11 is 9.15. The summed E-state index contributed by atoms with van der Waals surface area (Å²) in [5, 5.41) is 1.28. The van der Waals surface area contributed by atoms with Crippen LogP contribution in [-0.4, -0.2) is 9.39 Å². The summed E-state index contributed by atoms with van der Waals surface area (Å²) in [6.45, 7) is 0. The van der Waals surface area contributed by atoms with Crippen molar-refractivity contribution in [1.82, 2.24) is 4.57 Å². The Bertz CT molecular complexity index is 525. The molecule has 1 nitrogen and oxygen atoms in total. The first-order valence-corrected chi connectivity index (χ1v) is 7.54. The lowest BCUT2D eigenvalue weighted by Gasteiger charge is -2.18. The van der Waals surface area contributed by atoms with Crippen LogP contribution in [0.25, 0.3) is 6.20 Å². The normalized spacial score (nSPS) is 23.6. The Morgan fingerprint density at radius 2 is 2.31 bits per heavy atom. The highest BCUT2D eigenvalue weighted by Crippen LogP contribution is 2.43. The van der Waals surface area contributed by atoms with E-state index in [0.717, 1.165) is 6.42 Å². The van der Waals surface area contributed by atoms with Crippen LogP contribution in [0.4, 0.5) is 0 Å². The van der Waals surface area contributed by atoms with E-state index < -0.39 is 0 Å². The number of hydrogen-bond acceptors (Lipinski definition) is 1. The summed E-state index contributed by atoms with van der Waals surface area (Å²) < 4.78 is 3.34. The number of thioether (sulfide) groups is 1. The van der Waals surface area contributed by atoms with Crippen LogP contribution < -0.4 is 0 Å². The van der Waals surface area contributed by atoms with E-state index in [4.69, 9.17) is 0 Å². The number of nitrogens with zero attached hydrogens (tertiary/aromatic N) is 1. The maximum absolute atomic E-state index is 3.66. The van der Waals surface area contributed by atoms with Crippen molar-refractivity contribution in [2.45, 2.75) is 16.3 Å². The van der Waals surface area contributed by atoms with Crippen molar-refractivity contribution in [2.75, 3.05) is 0 Å². The van der Waals surface area contributed by atoms with Crippen molar-refractivity contribution < 1.29 is 0 Å². The predicted octanol–water partition coefficient (Wildman–Crippen LogP) is 4.76. The molecular weight excluding hydrogens is 350 g/mol. The van der Waals surface area contributed by atoms with E-state index in [0.29, 0.717) is 4.83 Å². The van der Waals surface area contributed by atoms with E-state index in [2.05, 4.69) is 73.1 Å². The number of fused-ring (bicyclic) bond motifs is 1. The highest BCUT2D eigenvalue weighted by molar-refractivity contribution is 9.12. The molecule has 82 valence electrons. The van der Waals surface area contributed by atoms with E-state index in [9.17, 15) is 0 Å². The van der Waals surface area contributed by atoms with Gasteiger partial charge >= 0.3 is 0 Å². The smallest absolute Gasteiger partial charge is 0.0834 e. The molecule has 1 unspecified atom stereocenters. The molecule has 2 heterocycles. The van der Waals surface area contributed by atoms with Gasteiger partial charge in [0.05, 0.1) is 5.03 Å². The number of hydrogen-bond donors (Lipinski definition) is 0. The van der Waals surface area contributed by atoms with E-state index in [-0.39, 0.29) is 0 Å². The molecule has 0 fully saturated rings. The Hall–Kier alpha value is -0.190. The fraction of sp³-hybridized carbons (Fsp3) is 0.167. The standard InChI is InChI=1S/C12H9Br2NS/c13-8-6-10(14)9-3-5-15-4-1-2-12(15)16-11(9)7-8/h1-6,8H,7H2. The number of alkyl halides is 1.